The van der Waals surface area contributed by atoms with Gasteiger partial charge in [0.05, 0.1) is 10.5 Å². The van der Waals surface area contributed by atoms with E-state index in [0.29, 0.717) is 0 Å². The van der Waals surface area contributed by atoms with E-state index in [9.17, 15) is 18.0 Å². The van der Waals surface area contributed by atoms with E-state index in [1.54, 1.807) is 0 Å². The van der Waals surface area contributed by atoms with Crippen molar-refractivity contribution < 1.29 is 23.1 Å². The summed E-state index contributed by atoms with van der Waals surface area (Å²) in [6.45, 7) is 0. The number of hydrogen-bond donors (Lipinski definition) is 2. The number of carbonyl (C=O) groups is 2. The standard InChI is InChI=1S/C13H15NO5S/c1-20(18,19)11-6-9(13(16)17)5-10(7-11)14-12(15)8-3-2-4-8/h5-8H,2-4H2,1H3,(H,14,15)(H,16,17). The third-order valence-electron chi connectivity index (χ3n) is 3.33. The largest absolute Gasteiger partial charge is 0.478 e. The van der Waals surface area contributed by atoms with Crippen molar-refractivity contribution in [1.82, 2.24) is 0 Å². The predicted octanol–water partition coefficient (Wildman–Crippen LogP) is 1.53. The summed E-state index contributed by atoms with van der Waals surface area (Å²) in [6.07, 6.45) is 3.61. The third kappa shape index (κ3) is 3.16. The number of amides is 1. The highest BCUT2D eigenvalue weighted by Gasteiger charge is 2.25. The first-order chi connectivity index (χ1) is 9.27. The summed E-state index contributed by atoms with van der Waals surface area (Å²) in [4.78, 5) is 22.7. The van der Waals surface area contributed by atoms with Crippen molar-refractivity contribution in [1.29, 1.82) is 0 Å². The van der Waals surface area contributed by atoms with Gasteiger partial charge in [-0.1, -0.05) is 6.42 Å². The van der Waals surface area contributed by atoms with Crippen molar-refractivity contribution in [2.45, 2.75) is 24.2 Å². The SMILES string of the molecule is CS(=O)(=O)c1cc(NC(=O)C2CCC2)cc(C(=O)O)c1. The van der Waals surface area contributed by atoms with Gasteiger partial charge in [0.1, 0.15) is 0 Å². The fraction of sp³-hybridized carbons (Fsp3) is 0.385. The van der Waals surface area contributed by atoms with Gasteiger partial charge in [0.25, 0.3) is 0 Å². The van der Waals surface area contributed by atoms with Gasteiger partial charge in [-0.2, -0.15) is 0 Å². The van der Waals surface area contributed by atoms with Crippen molar-refractivity contribution in [3.63, 3.8) is 0 Å². The van der Waals surface area contributed by atoms with Crippen LogP contribution in [0.5, 0.6) is 0 Å². The molecule has 6 nitrogen and oxygen atoms in total. The van der Waals surface area contributed by atoms with Crippen LogP contribution in [-0.2, 0) is 14.6 Å². The van der Waals surface area contributed by atoms with Crippen molar-refractivity contribution in [3.8, 4) is 0 Å². The van der Waals surface area contributed by atoms with E-state index in [1.807, 2.05) is 0 Å². The monoisotopic (exact) mass is 297 g/mol. The molecule has 0 atom stereocenters. The number of sulfone groups is 1. The molecular formula is C13H15NO5S. The summed E-state index contributed by atoms with van der Waals surface area (Å²) < 4.78 is 23.1. The first-order valence-corrected chi connectivity index (χ1v) is 8.06. The molecule has 0 heterocycles. The molecule has 7 heteroatoms. The quantitative estimate of drug-likeness (QED) is 0.877. The van der Waals surface area contributed by atoms with Gasteiger partial charge in [0.15, 0.2) is 9.84 Å². The molecule has 1 amide bonds. The van der Waals surface area contributed by atoms with E-state index in [1.165, 1.54) is 12.1 Å². The van der Waals surface area contributed by atoms with E-state index >= 15 is 0 Å². The zero-order chi connectivity index (χ0) is 14.9. The van der Waals surface area contributed by atoms with Gasteiger partial charge < -0.3 is 10.4 Å². The normalized spacial score (nSPS) is 15.4. The van der Waals surface area contributed by atoms with Gasteiger partial charge >= 0.3 is 5.97 Å². The summed E-state index contributed by atoms with van der Waals surface area (Å²) in [6, 6.07) is 3.61. The molecule has 0 unspecified atom stereocenters. The van der Waals surface area contributed by atoms with Gasteiger partial charge in [-0.05, 0) is 31.0 Å². The lowest BCUT2D eigenvalue weighted by molar-refractivity contribution is -0.122. The molecule has 0 aliphatic heterocycles. The lowest BCUT2D eigenvalue weighted by Crippen LogP contribution is -2.28. The Bertz CT molecular complexity index is 661. The number of hydrogen-bond acceptors (Lipinski definition) is 4. The number of benzene rings is 1. The van der Waals surface area contributed by atoms with E-state index < -0.39 is 15.8 Å². The van der Waals surface area contributed by atoms with Crippen LogP contribution in [0.15, 0.2) is 23.1 Å². The number of carbonyl (C=O) groups excluding carboxylic acids is 1. The molecule has 2 N–H and O–H groups in total. The van der Waals surface area contributed by atoms with Crippen LogP contribution in [0.1, 0.15) is 29.6 Å². The van der Waals surface area contributed by atoms with Crippen LogP contribution in [0.2, 0.25) is 0 Å². The fourth-order valence-electron chi connectivity index (χ4n) is 1.92. The smallest absolute Gasteiger partial charge is 0.335 e. The minimum absolute atomic E-state index is 0.0647. The Hall–Kier alpha value is -1.89. The molecule has 0 radical (unpaired) electrons. The molecule has 2 rings (SSSR count). The Balaban J connectivity index is 2.34. The molecule has 20 heavy (non-hydrogen) atoms. The van der Waals surface area contributed by atoms with Crippen LogP contribution in [0.3, 0.4) is 0 Å². The second-order valence-corrected chi connectivity index (χ2v) is 6.96. The topological polar surface area (TPSA) is 101 Å². The Morgan fingerprint density at radius 2 is 1.90 bits per heavy atom. The van der Waals surface area contributed by atoms with E-state index in [0.717, 1.165) is 31.6 Å². The molecule has 1 aliphatic rings. The number of carboxylic acids is 1. The average molecular weight is 297 g/mol. The van der Waals surface area contributed by atoms with Gasteiger partial charge in [0.2, 0.25) is 5.91 Å². The third-order valence-corrected chi connectivity index (χ3v) is 4.42. The molecule has 1 saturated carbocycles. The second kappa shape index (κ2) is 5.24. The molecular weight excluding hydrogens is 282 g/mol. The average Bonchev–Trinajstić information content (AvgIpc) is 2.24. The number of nitrogens with one attached hydrogen (secondary N) is 1. The molecule has 1 aromatic carbocycles. The number of anilines is 1. The van der Waals surface area contributed by atoms with Crippen molar-refractivity contribution in [3.05, 3.63) is 23.8 Å². The highest BCUT2D eigenvalue weighted by molar-refractivity contribution is 7.90. The minimum atomic E-state index is -3.54. The van der Waals surface area contributed by atoms with Gasteiger partial charge in [0, 0.05) is 17.9 Å². The highest BCUT2D eigenvalue weighted by atomic mass is 32.2. The number of rotatable bonds is 4. The summed E-state index contributed by atoms with van der Waals surface area (Å²) in [5, 5.41) is 11.6. The summed E-state index contributed by atoms with van der Waals surface area (Å²) >= 11 is 0. The van der Waals surface area contributed by atoms with Crippen molar-refractivity contribution in [2.75, 3.05) is 11.6 Å². The van der Waals surface area contributed by atoms with E-state index in [2.05, 4.69) is 5.32 Å². The van der Waals surface area contributed by atoms with Crippen molar-refractivity contribution in [2.24, 2.45) is 5.92 Å². The Morgan fingerprint density at radius 1 is 1.25 bits per heavy atom. The second-order valence-electron chi connectivity index (χ2n) is 4.94. The lowest BCUT2D eigenvalue weighted by Gasteiger charge is -2.24. The fourth-order valence-corrected chi connectivity index (χ4v) is 2.61. The van der Waals surface area contributed by atoms with E-state index in [4.69, 9.17) is 5.11 Å². The molecule has 0 spiro atoms. The van der Waals surface area contributed by atoms with E-state index in [-0.39, 0.29) is 28.0 Å². The Kier molecular flexibility index (Phi) is 3.80. The van der Waals surface area contributed by atoms with Crippen LogP contribution < -0.4 is 5.32 Å². The summed E-state index contributed by atoms with van der Waals surface area (Å²) in [5.41, 5.74) is 0.0269. The lowest BCUT2D eigenvalue weighted by atomic mass is 9.85. The maximum absolute atomic E-state index is 11.8. The first kappa shape index (κ1) is 14.5. The minimum Gasteiger partial charge on any atom is -0.478 e. The number of carboxylic acid groups (broad SMARTS) is 1. The molecule has 108 valence electrons. The molecule has 1 aromatic rings. The van der Waals surface area contributed by atoms with Gasteiger partial charge in [-0.25, -0.2) is 13.2 Å². The zero-order valence-electron chi connectivity index (χ0n) is 10.9. The van der Waals surface area contributed by atoms with Crippen LogP contribution >= 0.6 is 0 Å². The maximum atomic E-state index is 11.8. The van der Waals surface area contributed by atoms with Crippen LogP contribution in [0, 0.1) is 5.92 Å². The van der Waals surface area contributed by atoms with Crippen molar-refractivity contribution >= 4 is 27.4 Å². The maximum Gasteiger partial charge on any atom is 0.335 e. The highest BCUT2D eigenvalue weighted by Crippen LogP contribution is 2.28. The molecule has 0 saturated heterocycles. The van der Waals surface area contributed by atoms with Gasteiger partial charge in [-0.15, -0.1) is 0 Å². The summed E-state index contributed by atoms with van der Waals surface area (Å²) in [7, 11) is -3.54. The Morgan fingerprint density at radius 3 is 2.35 bits per heavy atom. The summed E-state index contributed by atoms with van der Waals surface area (Å²) in [5.74, 6) is -1.50. The molecule has 1 fully saturated rings. The number of aromatic carboxylic acids is 1. The predicted molar refractivity (Wildman–Crippen MR) is 72.5 cm³/mol. The molecule has 0 aromatic heterocycles. The van der Waals surface area contributed by atoms with Gasteiger partial charge in [-0.3, -0.25) is 4.79 Å². The Labute approximate surface area is 116 Å². The molecule has 1 aliphatic carbocycles. The molecule has 0 bridgehead atoms. The van der Waals surface area contributed by atoms with Crippen LogP contribution in [0.25, 0.3) is 0 Å². The van der Waals surface area contributed by atoms with Crippen LogP contribution in [0.4, 0.5) is 5.69 Å². The zero-order valence-corrected chi connectivity index (χ0v) is 11.7. The van der Waals surface area contributed by atoms with Crippen LogP contribution in [-0.4, -0.2) is 31.7 Å². The first-order valence-electron chi connectivity index (χ1n) is 6.16.